The van der Waals surface area contributed by atoms with Crippen molar-refractivity contribution >= 4 is 10.0 Å². The van der Waals surface area contributed by atoms with Gasteiger partial charge in [0, 0.05) is 19.3 Å². The lowest BCUT2D eigenvalue weighted by Gasteiger charge is -2.17. The van der Waals surface area contributed by atoms with E-state index in [0.29, 0.717) is 12.1 Å². The molecule has 94 valence electrons. The predicted molar refractivity (Wildman–Crippen MR) is 64.8 cm³/mol. The summed E-state index contributed by atoms with van der Waals surface area (Å²) in [5.41, 5.74) is 0.579. The van der Waals surface area contributed by atoms with Gasteiger partial charge in [0.05, 0.1) is 6.61 Å². The Hall–Kier alpha value is -1.24. The maximum Gasteiger partial charge on any atom is 0.260 e. The lowest BCUT2D eigenvalue weighted by Crippen LogP contribution is -2.31. The van der Waals surface area contributed by atoms with Crippen molar-refractivity contribution in [3.8, 4) is 0 Å². The van der Waals surface area contributed by atoms with Gasteiger partial charge in [-0.25, -0.2) is 13.4 Å². The zero-order chi connectivity index (χ0) is 12.9. The third kappa shape index (κ3) is 3.12. The largest absolute Gasteiger partial charge is 0.392 e. The van der Waals surface area contributed by atoms with Gasteiger partial charge in [-0.15, -0.1) is 6.58 Å². The number of pyridine rings is 1. The van der Waals surface area contributed by atoms with Gasteiger partial charge in [0.25, 0.3) is 10.0 Å². The summed E-state index contributed by atoms with van der Waals surface area (Å²) in [5, 5.41) is 8.84. The quantitative estimate of drug-likeness (QED) is 0.763. The van der Waals surface area contributed by atoms with Gasteiger partial charge >= 0.3 is 0 Å². The van der Waals surface area contributed by atoms with Gasteiger partial charge in [-0.05, 0) is 11.6 Å². The Labute approximate surface area is 101 Å². The van der Waals surface area contributed by atoms with E-state index < -0.39 is 10.0 Å². The summed E-state index contributed by atoms with van der Waals surface area (Å²) in [5.74, 6) is 0. The van der Waals surface area contributed by atoms with E-state index in [9.17, 15) is 8.42 Å². The molecule has 0 atom stereocenters. The van der Waals surface area contributed by atoms with Crippen LogP contribution < -0.4 is 0 Å². The van der Waals surface area contributed by atoms with E-state index in [4.69, 9.17) is 5.11 Å². The topological polar surface area (TPSA) is 70.5 Å². The third-order valence-corrected chi connectivity index (χ3v) is 4.13. The lowest BCUT2D eigenvalue weighted by atomic mass is 10.3. The van der Waals surface area contributed by atoms with Crippen molar-refractivity contribution in [2.24, 2.45) is 0 Å². The fraction of sp³-hybridized carbons (Fsp3) is 0.364. The first kappa shape index (κ1) is 13.8. The summed E-state index contributed by atoms with van der Waals surface area (Å²) >= 11 is 0. The van der Waals surface area contributed by atoms with Gasteiger partial charge in [-0.3, -0.25) is 0 Å². The Balaban J connectivity index is 3.06. The van der Waals surface area contributed by atoms with Crippen molar-refractivity contribution in [1.82, 2.24) is 9.29 Å². The van der Waals surface area contributed by atoms with Crippen LogP contribution >= 0.6 is 0 Å². The number of aromatic nitrogens is 1. The van der Waals surface area contributed by atoms with Crippen LogP contribution in [0.5, 0.6) is 0 Å². The van der Waals surface area contributed by atoms with Gasteiger partial charge in [-0.2, -0.15) is 4.31 Å². The van der Waals surface area contributed by atoms with Crippen LogP contribution in [-0.2, 0) is 16.6 Å². The highest BCUT2D eigenvalue weighted by Crippen LogP contribution is 2.13. The number of nitrogens with zero attached hydrogens (tertiary/aromatic N) is 2. The molecule has 0 aromatic carbocycles. The second kappa shape index (κ2) is 5.90. The van der Waals surface area contributed by atoms with Crippen LogP contribution in [0.25, 0.3) is 0 Å². The summed E-state index contributed by atoms with van der Waals surface area (Å²) in [6, 6.07) is 2.94. The Morgan fingerprint density at radius 1 is 1.53 bits per heavy atom. The average Bonchev–Trinajstić information content (AvgIpc) is 2.35. The minimum Gasteiger partial charge on any atom is -0.392 e. The van der Waals surface area contributed by atoms with Crippen molar-refractivity contribution in [2.75, 3.05) is 13.1 Å². The van der Waals surface area contributed by atoms with E-state index in [1.807, 2.05) is 0 Å². The molecule has 0 aliphatic rings. The molecule has 0 unspecified atom stereocenters. The predicted octanol–water partition coefficient (Wildman–Crippen LogP) is 0.771. The Morgan fingerprint density at radius 3 is 2.65 bits per heavy atom. The zero-order valence-corrected chi connectivity index (χ0v) is 10.5. The number of rotatable bonds is 6. The Kier molecular flexibility index (Phi) is 4.80. The average molecular weight is 256 g/mol. The zero-order valence-electron chi connectivity index (χ0n) is 9.70. The number of aliphatic hydroxyl groups is 1. The first-order valence-electron chi connectivity index (χ1n) is 5.23. The molecule has 0 saturated heterocycles. The maximum atomic E-state index is 12.1. The van der Waals surface area contributed by atoms with Crippen molar-refractivity contribution < 1.29 is 13.5 Å². The van der Waals surface area contributed by atoms with Crippen molar-refractivity contribution in [2.45, 2.75) is 18.6 Å². The number of hydrogen-bond acceptors (Lipinski definition) is 4. The molecule has 1 aromatic heterocycles. The highest BCUT2D eigenvalue weighted by atomic mass is 32.2. The summed E-state index contributed by atoms with van der Waals surface area (Å²) < 4.78 is 25.5. The Bertz CT molecular complexity index is 468. The molecule has 1 N–H and O–H groups in total. The van der Waals surface area contributed by atoms with Crippen LogP contribution in [0.1, 0.15) is 12.5 Å². The fourth-order valence-corrected chi connectivity index (χ4v) is 2.66. The molecule has 1 aromatic rings. The molecule has 6 heteroatoms. The van der Waals surface area contributed by atoms with Crippen LogP contribution in [0, 0.1) is 0 Å². The van der Waals surface area contributed by atoms with Crippen LogP contribution in [0.3, 0.4) is 0 Å². The molecule has 0 aliphatic heterocycles. The summed E-state index contributed by atoms with van der Waals surface area (Å²) in [7, 11) is -3.57. The SMILES string of the molecule is C=CCN(CC)S(=O)(=O)c1ccc(CO)cn1. The number of hydrogen-bond donors (Lipinski definition) is 1. The minimum absolute atomic E-state index is 0.0154. The van der Waals surface area contributed by atoms with E-state index >= 15 is 0 Å². The molecule has 0 fully saturated rings. The molecule has 0 spiro atoms. The molecule has 1 rings (SSSR count). The second-order valence-electron chi connectivity index (χ2n) is 3.41. The molecule has 17 heavy (non-hydrogen) atoms. The molecule has 5 nitrogen and oxygen atoms in total. The summed E-state index contributed by atoms with van der Waals surface area (Å²) in [4.78, 5) is 3.85. The van der Waals surface area contributed by atoms with Crippen molar-refractivity contribution in [3.63, 3.8) is 0 Å². The molecule has 0 bridgehead atoms. The second-order valence-corrected chi connectivity index (χ2v) is 5.29. The Morgan fingerprint density at radius 2 is 2.24 bits per heavy atom. The van der Waals surface area contributed by atoms with Gasteiger partial charge in [0.1, 0.15) is 0 Å². The number of aliphatic hydroxyl groups excluding tert-OH is 1. The molecule has 0 radical (unpaired) electrons. The highest BCUT2D eigenvalue weighted by molar-refractivity contribution is 7.89. The first-order valence-corrected chi connectivity index (χ1v) is 6.67. The molecule has 0 amide bonds. The first-order chi connectivity index (χ1) is 8.06. The van der Waals surface area contributed by atoms with Crippen LogP contribution in [-0.4, -0.2) is 35.9 Å². The summed E-state index contributed by atoms with van der Waals surface area (Å²) in [6.45, 7) is 5.73. The van der Waals surface area contributed by atoms with Crippen molar-refractivity contribution in [1.29, 1.82) is 0 Å². The molecule has 0 saturated carbocycles. The van der Waals surface area contributed by atoms with E-state index in [0.717, 1.165) is 0 Å². The van der Waals surface area contributed by atoms with Gasteiger partial charge in [0.15, 0.2) is 5.03 Å². The number of sulfonamides is 1. The monoisotopic (exact) mass is 256 g/mol. The standard InChI is InChI=1S/C11H16N2O3S/c1-3-7-13(4-2)17(15,16)11-6-5-10(9-14)8-12-11/h3,5-6,8,14H,1,4,7,9H2,2H3. The van der Waals surface area contributed by atoms with Gasteiger partial charge in [0.2, 0.25) is 0 Å². The smallest absolute Gasteiger partial charge is 0.260 e. The van der Waals surface area contributed by atoms with E-state index in [1.54, 1.807) is 13.0 Å². The molecule has 1 heterocycles. The van der Waals surface area contributed by atoms with E-state index in [-0.39, 0.29) is 18.2 Å². The number of likely N-dealkylation sites (N-methyl/N-ethyl adjacent to an activating group) is 1. The third-order valence-electron chi connectivity index (χ3n) is 2.27. The molecular weight excluding hydrogens is 240 g/mol. The molecule has 0 aliphatic carbocycles. The molecular formula is C11H16N2O3S. The van der Waals surface area contributed by atoms with Crippen LogP contribution in [0.4, 0.5) is 0 Å². The van der Waals surface area contributed by atoms with Gasteiger partial charge in [-0.1, -0.05) is 19.1 Å². The van der Waals surface area contributed by atoms with Gasteiger partial charge < -0.3 is 5.11 Å². The van der Waals surface area contributed by atoms with E-state index in [2.05, 4.69) is 11.6 Å². The maximum absolute atomic E-state index is 12.1. The van der Waals surface area contributed by atoms with Crippen molar-refractivity contribution in [3.05, 3.63) is 36.5 Å². The summed E-state index contributed by atoms with van der Waals surface area (Å²) in [6.07, 6.45) is 2.89. The van der Waals surface area contributed by atoms with Crippen LogP contribution in [0.15, 0.2) is 36.0 Å². The lowest BCUT2D eigenvalue weighted by molar-refractivity contribution is 0.281. The minimum atomic E-state index is -3.57. The fourth-order valence-electron chi connectivity index (χ4n) is 1.33. The normalized spacial score (nSPS) is 11.7. The highest BCUT2D eigenvalue weighted by Gasteiger charge is 2.22. The van der Waals surface area contributed by atoms with E-state index in [1.165, 1.54) is 22.6 Å². The van der Waals surface area contributed by atoms with Crippen LogP contribution in [0.2, 0.25) is 0 Å².